The Balaban J connectivity index is 1.60. The second-order valence-electron chi connectivity index (χ2n) is 9.35. The minimum Gasteiger partial charge on any atom is -0.450 e. The Morgan fingerprint density at radius 1 is 1.15 bits per heavy atom. The van der Waals surface area contributed by atoms with E-state index in [1.807, 2.05) is 46.7 Å². The van der Waals surface area contributed by atoms with Crippen molar-refractivity contribution in [3.05, 3.63) is 57.8 Å². The van der Waals surface area contributed by atoms with Gasteiger partial charge in [0.05, 0.1) is 18.6 Å². The maximum absolute atomic E-state index is 13.8. The van der Waals surface area contributed by atoms with Gasteiger partial charge in [0.2, 0.25) is 5.91 Å². The van der Waals surface area contributed by atoms with Crippen LogP contribution in [-0.4, -0.2) is 60.0 Å². The van der Waals surface area contributed by atoms with Crippen molar-refractivity contribution in [2.45, 2.75) is 51.6 Å². The minimum absolute atomic E-state index is 0.0190. The summed E-state index contributed by atoms with van der Waals surface area (Å²) in [6, 6.07) is 11.1. The highest BCUT2D eigenvalue weighted by atomic mass is 32.1. The highest BCUT2D eigenvalue weighted by molar-refractivity contribution is 7.10. The van der Waals surface area contributed by atoms with E-state index in [1.165, 1.54) is 0 Å². The van der Waals surface area contributed by atoms with Crippen molar-refractivity contribution in [1.29, 1.82) is 0 Å². The molecule has 4 rings (SSSR count). The molecule has 3 heterocycles. The molecule has 0 bridgehead atoms. The molecule has 1 fully saturated rings. The molecule has 2 atom stereocenters. The van der Waals surface area contributed by atoms with Crippen molar-refractivity contribution in [2.24, 2.45) is 5.92 Å². The van der Waals surface area contributed by atoms with E-state index in [0.717, 1.165) is 10.4 Å². The fraction of sp³-hybridized carbons (Fsp3) is 0.500. The first kappa shape index (κ1) is 24.3. The van der Waals surface area contributed by atoms with Crippen molar-refractivity contribution in [3.63, 3.8) is 0 Å². The normalized spacial score (nSPS) is 20.9. The van der Waals surface area contributed by atoms with Crippen LogP contribution in [0, 0.1) is 5.92 Å². The van der Waals surface area contributed by atoms with Gasteiger partial charge in [-0.1, -0.05) is 38.1 Å². The molecule has 0 saturated carbocycles. The second-order valence-corrected chi connectivity index (χ2v) is 10.3. The van der Waals surface area contributed by atoms with E-state index in [9.17, 15) is 14.4 Å². The summed E-state index contributed by atoms with van der Waals surface area (Å²) in [7, 11) is 0. The number of likely N-dealkylation sites (tertiary alicyclic amines) is 1. The van der Waals surface area contributed by atoms with Gasteiger partial charge in [-0.3, -0.25) is 9.59 Å². The van der Waals surface area contributed by atoms with Crippen LogP contribution in [0.5, 0.6) is 0 Å². The van der Waals surface area contributed by atoms with Crippen LogP contribution >= 0.6 is 11.3 Å². The lowest BCUT2D eigenvalue weighted by Gasteiger charge is -2.42. The molecule has 2 aliphatic heterocycles. The average molecular weight is 484 g/mol. The fourth-order valence-corrected chi connectivity index (χ4v) is 5.83. The molecule has 0 spiro atoms. The molecule has 3 amide bonds. The summed E-state index contributed by atoms with van der Waals surface area (Å²) in [5.74, 6) is -0.307. The van der Waals surface area contributed by atoms with Crippen LogP contribution < -0.4 is 5.32 Å². The van der Waals surface area contributed by atoms with Gasteiger partial charge >= 0.3 is 6.09 Å². The van der Waals surface area contributed by atoms with E-state index in [1.54, 1.807) is 23.2 Å². The van der Waals surface area contributed by atoms with Gasteiger partial charge in [-0.15, -0.1) is 11.3 Å². The van der Waals surface area contributed by atoms with Gasteiger partial charge in [0.25, 0.3) is 5.91 Å². The Hall–Kier alpha value is -2.87. The molecule has 2 aromatic rings. The molecule has 34 heavy (non-hydrogen) atoms. The molecular formula is C26H33N3O4S. The molecule has 0 radical (unpaired) electrons. The number of carbonyl (C=O) groups excluding carboxylic acids is 3. The van der Waals surface area contributed by atoms with Crippen LogP contribution in [0.1, 0.15) is 66.4 Å². The predicted molar refractivity (Wildman–Crippen MR) is 132 cm³/mol. The maximum atomic E-state index is 13.8. The molecule has 0 unspecified atom stereocenters. The number of ether oxygens (including phenoxy) is 1. The van der Waals surface area contributed by atoms with Crippen molar-refractivity contribution in [2.75, 3.05) is 26.2 Å². The number of benzene rings is 1. The molecule has 1 saturated heterocycles. The van der Waals surface area contributed by atoms with Gasteiger partial charge in [0, 0.05) is 36.1 Å². The number of nitrogens with zero attached hydrogens (tertiary/aromatic N) is 2. The number of nitrogens with one attached hydrogen (secondary N) is 1. The fourth-order valence-electron chi connectivity index (χ4n) is 4.96. The number of fused-ring (bicyclic) bond motifs is 1. The van der Waals surface area contributed by atoms with E-state index in [4.69, 9.17) is 4.74 Å². The molecule has 1 aromatic heterocycles. The second kappa shape index (κ2) is 10.6. The van der Waals surface area contributed by atoms with Gasteiger partial charge in [0.15, 0.2) is 0 Å². The molecule has 2 aliphatic rings. The van der Waals surface area contributed by atoms with Gasteiger partial charge in [0.1, 0.15) is 0 Å². The maximum Gasteiger partial charge on any atom is 0.409 e. The first-order valence-electron chi connectivity index (χ1n) is 12.1. The summed E-state index contributed by atoms with van der Waals surface area (Å²) in [5, 5.41) is 5.24. The largest absolute Gasteiger partial charge is 0.450 e. The summed E-state index contributed by atoms with van der Waals surface area (Å²) in [5.41, 5.74) is 1.39. The Kier molecular flexibility index (Phi) is 7.56. The molecule has 1 aromatic carbocycles. The highest BCUT2D eigenvalue weighted by Gasteiger charge is 2.45. The standard InChI is InChI=1S/C26H33N3O4S/c1-4-33-26(32)28-13-11-18(12-14-28)27-24(30)22-19-8-5-6-9-20(19)25(31)29(16-17(2)3)23(22)21-10-7-15-34-21/h5-10,15,17-18,22-23H,4,11-14,16H2,1-3H3,(H,27,30)/t22-,23-/m1/s1. The average Bonchev–Trinajstić information content (AvgIpc) is 3.35. The third kappa shape index (κ3) is 4.97. The molecule has 0 aliphatic carbocycles. The SMILES string of the molecule is CCOC(=O)N1CCC(NC(=O)[C@@H]2c3ccccc3C(=O)N(CC(C)C)[C@@H]2c2cccs2)CC1. The van der Waals surface area contributed by atoms with Gasteiger partial charge in [-0.25, -0.2) is 4.79 Å². The number of hydrogen-bond acceptors (Lipinski definition) is 5. The smallest absolute Gasteiger partial charge is 0.409 e. The predicted octanol–water partition coefficient (Wildman–Crippen LogP) is 4.42. The summed E-state index contributed by atoms with van der Waals surface area (Å²) < 4.78 is 5.10. The summed E-state index contributed by atoms with van der Waals surface area (Å²) in [4.78, 5) is 44.0. The zero-order valence-electron chi connectivity index (χ0n) is 20.0. The lowest BCUT2D eigenvalue weighted by atomic mass is 9.80. The van der Waals surface area contributed by atoms with E-state index in [2.05, 4.69) is 19.2 Å². The van der Waals surface area contributed by atoms with Gasteiger partial charge in [-0.05, 0) is 48.8 Å². The Morgan fingerprint density at radius 3 is 2.53 bits per heavy atom. The lowest BCUT2D eigenvalue weighted by molar-refractivity contribution is -0.125. The van der Waals surface area contributed by atoms with Crippen molar-refractivity contribution < 1.29 is 19.1 Å². The van der Waals surface area contributed by atoms with Gasteiger partial charge < -0.3 is 19.9 Å². The molecule has 1 N–H and O–H groups in total. The zero-order valence-corrected chi connectivity index (χ0v) is 20.8. The number of hydrogen-bond donors (Lipinski definition) is 1. The molecular weight excluding hydrogens is 450 g/mol. The van der Waals surface area contributed by atoms with Crippen LogP contribution in [0.4, 0.5) is 4.79 Å². The Morgan fingerprint density at radius 2 is 1.88 bits per heavy atom. The summed E-state index contributed by atoms with van der Waals surface area (Å²) in [6.45, 7) is 8.01. The van der Waals surface area contributed by atoms with Crippen molar-refractivity contribution in [1.82, 2.24) is 15.1 Å². The Bertz CT molecular complexity index is 1010. The highest BCUT2D eigenvalue weighted by Crippen LogP contribution is 2.44. The number of rotatable bonds is 6. The van der Waals surface area contributed by atoms with Crippen LogP contribution in [0.3, 0.4) is 0 Å². The van der Waals surface area contributed by atoms with Crippen LogP contribution in [0.25, 0.3) is 0 Å². The third-order valence-corrected chi connectivity index (χ3v) is 7.43. The number of thiophene rings is 1. The van der Waals surface area contributed by atoms with E-state index in [-0.39, 0.29) is 35.9 Å². The van der Waals surface area contributed by atoms with Crippen LogP contribution in [-0.2, 0) is 9.53 Å². The number of amides is 3. The monoisotopic (exact) mass is 483 g/mol. The zero-order chi connectivity index (χ0) is 24.2. The minimum atomic E-state index is -0.491. The summed E-state index contributed by atoms with van der Waals surface area (Å²) >= 11 is 1.58. The number of carbonyl (C=O) groups is 3. The van der Waals surface area contributed by atoms with Gasteiger partial charge in [-0.2, -0.15) is 0 Å². The molecule has 182 valence electrons. The summed E-state index contributed by atoms with van der Waals surface area (Å²) in [6.07, 6.45) is 1.06. The van der Waals surface area contributed by atoms with Crippen molar-refractivity contribution >= 4 is 29.2 Å². The van der Waals surface area contributed by atoms with Crippen LogP contribution in [0.15, 0.2) is 41.8 Å². The molecule has 8 heteroatoms. The van der Waals surface area contributed by atoms with Crippen LogP contribution in [0.2, 0.25) is 0 Å². The third-order valence-electron chi connectivity index (χ3n) is 6.48. The first-order valence-corrected chi connectivity index (χ1v) is 12.9. The lowest BCUT2D eigenvalue weighted by Crippen LogP contribution is -2.51. The van der Waals surface area contributed by atoms with E-state index < -0.39 is 5.92 Å². The topological polar surface area (TPSA) is 79.0 Å². The molecule has 7 nitrogen and oxygen atoms in total. The van der Waals surface area contributed by atoms with E-state index in [0.29, 0.717) is 44.6 Å². The number of piperidine rings is 1. The van der Waals surface area contributed by atoms with Crippen molar-refractivity contribution in [3.8, 4) is 0 Å². The first-order chi connectivity index (χ1) is 16.4. The van der Waals surface area contributed by atoms with E-state index >= 15 is 0 Å². The quantitative estimate of drug-likeness (QED) is 0.660. The Labute approximate surface area is 205 Å².